The predicted molar refractivity (Wildman–Crippen MR) is 96.7 cm³/mol. The largest absolute Gasteiger partial charge is 0.337 e. The minimum Gasteiger partial charge on any atom is -0.337 e. The third-order valence-corrected chi connectivity index (χ3v) is 5.45. The van der Waals surface area contributed by atoms with Crippen molar-refractivity contribution in [2.75, 3.05) is 13.1 Å². The van der Waals surface area contributed by atoms with Gasteiger partial charge < -0.3 is 9.47 Å². The van der Waals surface area contributed by atoms with Gasteiger partial charge in [-0.3, -0.25) is 9.89 Å². The molecular formula is C19H22N6O. The van der Waals surface area contributed by atoms with Crippen LogP contribution < -0.4 is 0 Å². The van der Waals surface area contributed by atoms with Gasteiger partial charge in [0.2, 0.25) is 0 Å². The monoisotopic (exact) mass is 350 g/mol. The number of hydrogen-bond acceptors (Lipinski definition) is 4. The van der Waals surface area contributed by atoms with Gasteiger partial charge in [0, 0.05) is 37.9 Å². The fourth-order valence-corrected chi connectivity index (χ4v) is 4.01. The summed E-state index contributed by atoms with van der Waals surface area (Å²) in [6, 6.07) is 5.73. The molecule has 134 valence electrons. The molecule has 0 aromatic carbocycles. The number of rotatable bonds is 4. The quantitative estimate of drug-likeness (QED) is 0.784. The molecule has 7 nitrogen and oxygen atoms in total. The number of amides is 1. The normalized spacial score (nSPS) is 20.6. The number of imidazole rings is 1. The van der Waals surface area contributed by atoms with Gasteiger partial charge in [-0.15, -0.1) is 0 Å². The highest BCUT2D eigenvalue weighted by molar-refractivity contribution is 5.92. The topological polar surface area (TPSA) is 79.7 Å². The minimum atomic E-state index is 0.0447. The molecule has 5 rings (SSSR count). The van der Waals surface area contributed by atoms with Crippen LogP contribution in [0.5, 0.6) is 0 Å². The summed E-state index contributed by atoms with van der Waals surface area (Å²) in [6.07, 6.45) is 8.07. The second-order valence-electron chi connectivity index (χ2n) is 7.43. The second kappa shape index (κ2) is 6.23. The van der Waals surface area contributed by atoms with Crippen molar-refractivity contribution >= 4 is 17.1 Å². The van der Waals surface area contributed by atoms with E-state index in [2.05, 4.69) is 19.7 Å². The van der Waals surface area contributed by atoms with Crippen LogP contribution in [0.3, 0.4) is 0 Å². The number of likely N-dealkylation sites (tertiary alicyclic amines) is 1. The zero-order valence-corrected chi connectivity index (χ0v) is 14.6. The van der Waals surface area contributed by atoms with Gasteiger partial charge in [-0.1, -0.05) is 0 Å². The van der Waals surface area contributed by atoms with Gasteiger partial charge in [0.25, 0.3) is 5.91 Å². The van der Waals surface area contributed by atoms with Crippen LogP contribution in [-0.2, 0) is 6.54 Å². The average Bonchev–Trinajstić information content (AvgIpc) is 3.24. The highest BCUT2D eigenvalue weighted by atomic mass is 16.2. The summed E-state index contributed by atoms with van der Waals surface area (Å²) in [6.45, 7) is 2.47. The van der Waals surface area contributed by atoms with E-state index in [1.807, 2.05) is 23.2 Å². The first-order valence-corrected chi connectivity index (χ1v) is 9.39. The number of carbonyl (C=O) groups excluding carboxylic acids is 1. The molecule has 0 spiro atoms. The Morgan fingerprint density at radius 3 is 2.96 bits per heavy atom. The smallest absolute Gasteiger partial charge is 0.271 e. The van der Waals surface area contributed by atoms with Crippen molar-refractivity contribution in [3.05, 3.63) is 42.1 Å². The Balaban J connectivity index is 1.38. The molecule has 0 bridgehead atoms. The highest BCUT2D eigenvalue weighted by Crippen LogP contribution is 2.40. The van der Waals surface area contributed by atoms with Crippen LogP contribution in [0.4, 0.5) is 0 Å². The zero-order valence-electron chi connectivity index (χ0n) is 14.6. The lowest BCUT2D eigenvalue weighted by molar-refractivity contribution is 0.0656. The first kappa shape index (κ1) is 15.5. The molecule has 0 radical (unpaired) electrons. The van der Waals surface area contributed by atoms with Crippen molar-refractivity contribution in [3.8, 4) is 0 Å². The second-order valence-corrected chi connectivity index (χ2v) is 7.43. The molecule has 1 aliphatic heterocycles. The SMILES string of the molecule is O=C(c1ccn[nH]1)N1CCCC(Cn2c(C3CC3)nc3cccnc32)C1. The lowest BCUT2D eigenvalue weighted by Crippen LogP contribution is -2.41. The zero-order chi connectivity index (χ0) is 17.5. The van der Waals surface area contributed by atoms with E-state index in [9.17, 15) is 4.79 Å². The number of hydrogen-bond donors (Lipinski definition) is 1. The predicted octanol–water partition coefficient (Wildman–Crippen LogP) is 2.58. The van der Waals surface area contributed by atoms with Crippen molar-refractivity contribution in [2.24, 2.45) is 5.92 Å². The van der Waals surface area contributed by atoms with Crippen LogP contribution in [0, 0.1) is 5.92 Å². The van der Waals surface area contributed by atoms with Crippen LogP contribution in [0.15, 0.2) is 30.6 Å². The summed E-state index contributed by atoms with van der Waals surface area (Å²) in [5.74, 6) is 2.22. The van der Waals surface area contributed by atoms with Crippen molar-refractivity contribution in [1.29, 1.82) is 0 Å². The van der Waals surface area contributed by atoms with Crippen LogP contribution in [-0.4, -0.2) is 48.6 Å². The molecule has 26 heavy (non-hydrogen) atoms. The molecule has 2 fully saturated rings. The standard InChI is InChI=1S/C19H22N6O/c26-19(16-7-9-21-23-16)24-10-2-3-13(11-24)12-25-17(14-5-6-14)22-15-4-1-8-20-18(15)25/h1,4,7-9,13-14H,2-3,5-6,10-12H2,(H,21,23). The van der Waals surface area contributed by atoms with Gasteiger partial charge in [0.05, 0.1) is 0 Å². The maximum Gasteiger partial charge on any atom is 0.271 e. The number of piperidine rings is 1. The maximum atomic E-state index is 12.6. The number of pyridine rings is 1. The third kappa shape index (κ3) is 2.77. The summed E-state index contributed by atoms with van der Waals surface area (Å²) in [4.78, 5) is 24.0. The third-order valence-electron chi connectivity index (χ3n) is 5.45. The Hall–Kier alpha value is -2.70. The molecule has 7 heteroatoms. The van der Waals surface area contributed by atoms with E-state index in [-0.39, 0.29) is 5.91 Å². The molecule has 1 amide bonds. The number of fused-ring (bicyclic) bond motifs is 1. The Labute approximate surface area is 151 Å². The molecule has 1 saturated heterocycles. The first-order chi connectivity index (χ1) is 12.8. The molecule has 3 aromatic heterocycles. The van der Waals surface area contributed by atoms with Crippen molar-refractivity contribution in [3.63, 3.8) is 0 Å². The van der Waals surface area contributed by atoms with E-state index < -0.39 is 0 Å². The average molecular weight is 350 g/mol. The number of carbonyl (C=O) groups is 1. The molecule has 1 unspecified atom stereocenters. The Morgan fingerprint density at radius 2 is 2.15 bits per heavy atom. The van der Waals surface area contributed by atoms with Gasteiger partial charge >= 0.3 is 0 Å². The molecule has 3 aromatic rings. The van der Waals surface area contributed by atoms with Crippen LogP contribution in [0.1, 0.15) is 47.9 Å². The number of aromatic amines is 1. The summed E-state index contributed by atoms with van der Waals surface area (Å²) in [5, 5.41) is 6.68. The lowest BCUT2D eigenvalue weighted by atomic mass is 9.97. The molecule has 1 N–H and O–H groups in total. The highest BCUT2D eigenvalue weighted by Gasteiger charge is 2.32. The number of H-pyrrole nitrogens is 1. The van der Waals surface area contributed by atoms with Gasteiger partial charge in [-0.05, 0) is 49.8 Å². The summed E-state index contributed by atoms with van der Waals surface area (Å²) < 4.78 is 2.31. The maximum absolute atomic E-state index is 12.6. The van der Waals surface area contributed by atoms with Gasteiger partial charge in [-0.2, -0.15) is 5.10 Å². The molecule has 1 saturated carbocycles. The molecule has 2 aliphatic rings. The van der Waals surface area contributed by atoms with Gasteiger partial charge in [0.15, 0.2) is 5.65 Å². The molecule has 4 heterocycles. The van der Waals surface area contributed by atoms with Crippen LogP contribution in [0.2, 0.25) is 0 Å². The van der Waals surface area contributed by atoms with Crippen molar-refractivity contribution in [2.45, 2.75) is 38.1 Å². The van der Waals surface area contributed by atoms with Crippen molar-refractivity contribution < 1.29 is 4.79 Å². The van der Waals surface area contributed by atoms with E-state index in [0.29, 0.717) is 17.5 Å². The van der Waals surface area contributed by atoms with E-state index in [4.69, 9.17) is 4.98 Å². The fraction of sp³-hybridized carbons (Fsp3) is 0.474. The van der Waals surface area contributed by atoms with E-state index in [1.165, 1.54) is 18.7 Å². The number of aromatic nitrogens is 5. The van der Waals surface area contributed by atoms with Gasteiger partial charge in [0.1, 0.15) is 17.0 Å². The van der Waals surface area contributed by atoms with E-state index in [0.717, 1.165) is 43.6 Å². The number of nitrogens with one attached hydrogen (secondary N) is 1. The summed E-state index contributed by atoms with van der Waals surface area (Å²) >= 11 is 0. The van der Waals surface area contributed by atoms with E-state index in [1.54, 1.807) is 12.3 Å². The van der Waals surface area contributed by atoms with Crippen molar-refractivity contribution in [1.82, 2.24) is 29.6 Å². The molecular weight excluding hydrogens is 328 g/mol. The minimum absolute atomic E-state index is 0.0447. The Morgan fingerprint density at radius 1 is 1.23 bits per heavy atom. The van der Waals surface area contributed by atoms with E-state index >= 15 is 0 Å². The summed E-state index contributed by atoms with van der Waals surface area (Å²) in [5.41, 5.74) is 2.53. The lowest BCUT2D eigenvalue weighted by Gasteiger charge is -2.33. The molecule has 1 atom stereocenters. The Bertz CT molecular complexity index is 927. The van der Waals surface area contributed by atoms with Crippen LogP contribution >= 0.6 is 0 Å². The van der Waals surface area contributed by atoms with Crippen LogP contribution in [0.25, 0.3) is 11.2 Å². The number of nitrogens with zero attached hydrogens (tertiary/aromatic N) is 5. The summed E-state index contributed by atoms with van der Waals surface area (Å²) in [7, 11) is 0. The van der Waals surface area contributed by atoms with Gasteiger partial charge in [-0.25, -0.2) is 9.97 Å². The fourth-order valence-electron chi connectivity index (χ4n) is 4.01. The molecule has 1 aliphatic carbocycles. The Kier molecular flexibility index (Phi) is 3.72. The first-order valence-electron chi connectivity index (χ1n) is 9.39.